The summed E-state index contributed by atoms with van der Waals surface area (Å²) in [7, 11) is 0. The monoisotopic (exact) mass is 236 g/mol. The van der Waals surface area contributed by atoms with Gasteiger partial charge >= 0.3 is 0 Å². The minimum Gasteiger partial charge on any atom is -0.338 e. The molecule has 0 fully saturated rings. The summed E-state index contributed by atoms with van der Waals surface area (Å²) in [4.78, 5) is 8.32. The van der Waals surface area contributed by atoms with Crippen molar-refractivity contribution in [1.29, 1.82) is 0 Å². The van der Waals surface area contributed by atoms with E-state index in [9.17, 15) is 0 Å². The van der Waals surface area contributed by atoms with E-state index < -0.39 is 0 Å². The van der Waals surface area contributed by atoms with Crippen molar-refractivity contribution >= 4 is 0 Å². The van der Waals surface area contributed by atoms with Crippen LogP contribution < -0.4 is 5.73 Å². The van der Waals surface area contributed by atoms with Crippen LogP contribution in [-0.2, 0) is 5.41 Å². The van der Waals surface area contributed by atoms with E-state index in [4.69, 9.17) is 10.3 Å². The highest BCUT2D eigenvalue weighted by atomic mass is 16.5. The molecule has 2 heterocycles. The predicted octanol–water partition coefficient (Wildman–Crippen LogP) is 0.871. The third-order valence-electron chi connectivity index (χ3n) is 3.25. The molecule has 7 nitrogen and oxygen atoms in total. The van der Waals surface area contributed by atoms with E-state index in [0.29, 0.717) is 24.1 Å². The van der Waals surface area contributed by atoms with Gasteiger partial charge in [0.05, 0.1) is 5.41 Å². The van der Waals surface area contributed by atoms with Crippen molar-refractivity contribution in [2.75, 3.05) is 6.54 Å². The zero-order chi connectivity index (χ0) is 12.3. The number of nitrogens with one attached hydrogen (secondary N) is 1. The highest BCUT2D eigenvalue weighted by molar-refractivity contribution is 5.40. The summed E-state index contributed by atoms with van der Waals surface area (Å²) < 4.78 is 5.30. The van der Waals surface area contributed by atoms with Gasteiger partial charge in [0.15, 0.2) is 5.82 Å². The fraction of sp³-hybridized carbons (Fsp3) is 0.600. The summed E-state index contributed by atoms with van der Waals surface area (Å²) in [5.41, 5.74) is 5.58. The first-order valence-corrected chi connectivity index (χ1v) is 5.65. The minimum absolute atomic E-state index is 0.245. The summed E-state index contributed by atoms with van der Waals surface area (Å²) in [5.74, 6) is 1.48. The highest BCUT2D eigenvalue weighted by Gasteiger charge is 2.33. The summed E-state index contributed by atoms with van der Waals surface area (Å²) in [6.07, 6.45) is 3.12. The molecule has 0 unspecified atom stereocenters. The first-order valence-electron chi connectivity index (χ1n) is 5.65. The Morgan fingerprint density at radius 2 is 2.18 bits per heavy atom. The van der Waals surface area contributed by atoms with Gasteiger partial charge in [0.1, 0.15) is 6.33 Å². The first kappa shape index (κ1) is 11.7. The van der Waals surface area contributed by atoms with Crippen molar-refractivity contribution in [3.05, 3.63) is 12.2 Å². The number of nitrogens with zero attached hydrogens (tertiary/aromatic N) is 4. The number of rotatable bonds is 5. The molecule has 0 aliphatic carbocycles. The minimum atomic E-state index is -0.245. The summed E-state index contributed by atoms with van der Waals surface area (Å²) in [6, 6.07) is 0. The molecule has 0 atom stereocenters. The predicted molar refractivity (Wildman–Crippen MR) is 61.0 cm³/mol. The molecule has 2 aromatic heterocycles. The van der Waals surface area contributed by atoms with Crippen LogP contribution in [0.5, 0.6) is 0 Å². The quantitative estimate of drug-likeness (QED) is 0.797. The van der Waals surface area contributed by atoms with E-state index in [0.717, 1.165) is 12.8 Å². The summed E-state index contributed by atoms with van der Waals surface area (Å²) in [5, 5.41) is 10.3. The molecule has 0 saturated heterocycles. The van der Waals surface area contributed by atoms with Crippen molar-refractivity contribution in [3.8, 4) is 11.6 Å². The third-order valence-corrected chi connectivity index (χ3v) is 3.25. The SMILES string of the molecule is CCC(CC)(CN)c1nc(-c2ncn[nH]2)no1. The van der Waals surface area contributed by atoms with E-state index in [1.165, 1.54) is 6.33 Å². The van der Waals surface area contributed by atoms with E-state index in [1.54, 1.807) is 0 Å². The molecule has 0 bridgehead atoms. The van der Waals surface area contributed by atoms with E-state index in [-0.39, 0.29) is 5.41 Å². The van der Waals surface area contributed by atoms with Crippen LogP contribution in [-0.4, -0.2) is 31.9 Å². The lowest BCUT2D eigenvalue weighted by Crippen LogP contribution is -2.34. The molecule has 3 N–H and O–H groups in total. The first-order chi connectivity index (χ1) is 8.25. The molecule has 0 amide bonds. The number of hydrogen-bond acceptors (Lipinski definition) is 6. The van der Waals surface area contributed by atoms with Gasteiger partial charge in [-0.2, -0.15) is 10.1 Å². The molecule has 0 aromatic carbocycles. The van der Waals surface area contributed by atoms with Crippen molar-refractivity contribution in [2.45, 2.75) is 32.1 Å². The van der Waals surface area contributed by atoms with Crippen LogP contribution in [0.1, 0.15) is 32.6 Å². The Labute approximate surface area is 98.8 Å². The molecule has 0 aliphatic heterocycles. The second-order valence-corrected chi connectivity index (χ2v) is 3.95. The standard InChI is InChI=1S/C10H16N6O/c1-3-10(4-2,5-11)9-14-8(16-17-9)7-12-6-13-15-7/h6H,3-5,11H2,1-2H3,(H,12,13,15). The summed E-state index contributed by atoms with van der Waals surface area (Å²) in [6.45, 7) is 4.61. The average molecular weight is 236 g/mol. The van der Waals surface area contributed by atoms with Gasteiger partial charge < -0.3 is 10.3 Å². The van der Waals surface area contributed by atoms with Crippen LogP contribution in [0.15, 0.2) is 10.9 Å². The average Bonchev–Trinajstić information content (AvgIpc) is 3.03. The molecular weight excluding hydrogens is 220 g/mol. The van der Waals surface area contributed by atoms with E-state index >= 15 is 0 Å². The van der Waals surface area contributed by atoms with Crippen molar-refractivity contribution < 1.29 is 4.52 Å². The molecule has 2 aromatic rings. The van der Waals surface area contributed by atoms with Gasteiger partial charge in [-0.25, -0.2) is 4.98 Å². The van der Waals surface area contributed by atoms with Gasteiger partial charge in [0.2, 0.25) is 11.7 Å². The van der Waals surface area contributed by atoms with Crippen LogP contribution in [0, 0.1) is 0 Å². The lowest BCUT2D eigenvalue weighted by Gasteiger charge is -2.24. The summed E-state index contributed by atoms with van der Waals surface area (Å²) >= 11 is 0. The Morgan fingerprint density at radius 3 is 2.71 bits per heavy atom. The Bertz CT molecular complexity index is 451. The number of H-pyrrole nitrogens is 1. The largest absolute Gasteiger partial charge is 0.338 e. The molecule has 17 heavy (non-hydrogen) atoms. The zero-order valence-corrected chi connectivity index (χ0v) is 9.97. The van der Waals surface area contributed by atoms with Gasteiger partial charge in [0, 0.05) is 6.54 Å². The van der Waals surface area contributed by atoms with Crippen LogP contribution >= 0.6 is 0 Å². The molecule has 7 heteroatoms. The Morgan fingerprint density at radius 1 is 1.41 bits per heavy atom. The molecule has 2 rings (SSSR count). The van der Waals surface area contributed by atoms with Gasteiger partial charge in [-0.1, -0.05) is 19.0 Å². The van der Waals surface area contributed by atoms with Crippen molar-refractivity contribution in [2.24, 2.45) is 5.73 Å². The molecule has 0 aliphatic rings. The smallest absolute Gasteiger partial charge is 0.239 e. The lowest BCUT2D eigenvalue weighted by atomic mass is 9.82. The zero-order valence-electron chi connectivity index (χ0n) is 9.97. The Balaban J connectivity index is 2.35. The topological polar surface area (TPSA) is 107 Å². The maximum absolute atomic E-state index is 5.83. The number of aromatic nitrogens is 5. The second kappa shape index (κ2) is 4.62. The maximum Gasteiger partial charge on any atom is 0.239 e. The van der Waals surface area contributed by atoms with Crippen molar-refractivity contribution in [3.63, 3.8) is 0 Å². The molecule has 0 spiro atoms. The highest BCUT2D eigenvalue weighted by Crippen LogP contribution is 2.29. The van der Waals surface area contributed by atoms with Crippen LogP contribution in [0.4, 0.5) is 0 Å². The number of nitrogens with two attached hydrogens (primary N) is 1. The van der Waals surface area contributed by atoms with Crippen LogP contribution in [0.2, 0.25) is 0 Å². The third kappa shape index (κ3) is 1.93. The molecular formula is C10H16N6O. The van der Waals surface area contributed by atoms with Crippen LogP contribution in [0.3, 0.4) is 0 Å². The van der Waals surface area contributed by atoms with Crippen molar-refractivity contribution in [1.82, 2.24) is 25.3 Å². The van der Waals surface area contributed by atoms with E-state index in [1.807, 2.05) is 0 Å². The second-order valence-electron chi connectivity index (χ2n) is 3.95. The van der Waals surface area contributed by atoms with E-state index in [2.05, 4.69) is 39.2 Å². The fourth-order valence-corrected chi connectivity index (χ4v) is 1.78. The normalized spacial score (nSPS) is 11.9. The van der Waals surface area contributed by atoms with Gasteiger partial charge in [0.25, 0.3) is 0 Å². The van der Waals surface area contributed by atoms with Gasteiger partial charge in [-0.15, -0.1) is 0 Å². The lowest BCUT2D eigenvalue weighted by molar-refractivity contribution is 0.267. The fourth-order valence-electron chi connectivity index (χ4n) is 1.78. The Kier molecular flexibility index (Phi) is 3.19. The van der Waals surface area contributed by atoms with Gasteiger partial charge in [-0.05, 0) is 12.8 Å². The maximum atomic E-state index is 5.83. The molecule has 0 saturated carbocycles. The molecule has 92 valence electrons. The Hall–Kier alpha value is -1.76. The number of hydrogen-bond donors (Lipinski definition) is 2. The van der Waals surface area contributed by atoms with Crippen LogP contribution in [0.25, 0.3) is 11.6 Å². The van der Waals surface area contributed by atoms with Gasteiger partial charge in [-0.3, -0.25) is 5.10 Å². The number of aromatic amines is 1. The molecule has 0 radical (unpaired) electrons.